The maximum atomic E-state index is 5.50. The zero-order chi connectivity index (χ0) is 18.9. The lowest BCUT2D eigenvalue weighted by Crippen LogP contribution is -2.07. The van der Waals surface area contributed by atoms with Crippen molar-refractivity contribution >= 4 is 17.5 Å². The molecule has 0 amide bonds. The minimum Gasteiger partial charge on any atom is -0.494 e. The molecule has 0 aliphatic heterocycles. The maximum absolute atomic E-state index is 5.50. The summed E-state index contributed by atoms with van der Waals surface area (Å²) in [5.74, 6) is 2.25. The van der Waals surface area contributed by atoms with Gasteiger partial charge in [0.1, 0.15) is 11.6 Å². The molecule has 0 aliphatic rings. The maximum Gasteiger partial charge on any atom is 0.225 e. The van der Waals surface area contributed by atoms with E-state index in [0.717, 1.165) is 47.9 Å². The van der Waals surface area contributed by atoms with Crippen molar-refractivity contribution in [3.8, 4) is 17.0 Å². The molecule has 27 heavy (non-hydrogen) atoms. The van der Waals surface area contributed by atoms with E-state index in [-0.39, 0.29) is 0 Å². The van der Waals surface area contributed by atoms with E-state index >= 15 is 0 Å². The number of anilines is 3. The lowest BCUT2D eigenvalue weighted by molar-refractivity contribution is 0.340. The number of rotatable bonds is 9. The van der Waals surface area contributed by atoms with Crippen LogP contribution in [0.5, 0.6) is 5.75 Å². The number of nitrogens with zero attached hydrogens (tertiary/aromatic N) is 2. The molecule has 140 valence electrons. The number of ether oxygens (including phenoxy) is 1. The second kappa shape index (κ2) is 9.57. The summed E-state index contributed by atoms with van der Waals surface area (Å²) >= 11 is 0. The molecular weight excluding hydrogens is 336 g/mol. The highest BCUT2D eigenvalue weighted by Gasteiger charge is 2.07. The van der Waals surface area contributed by atoms with Crippen LogP contribution in [0.25, 0.3) is 11.3 Å². The van der Waals surface area contributed by atoms with Crippen molar-refractivity contribution in [2.45, 2.75) is 26.7 Å². The van der Waals surface area contributed by atoms with Gasteiger partial charge in [-0.1, -0.05) is 43.7 Å². The van der Waals surface area contributed by atoms with Crippen LogP contribution in [0.15, 0.2) is 60.7 Å². The van der Waals surface area contributed by atoms with Crippen LogP contribution in [0, 0.1) is 0 Å². The smallest absolute Gasteiger partial charge is 0.225 e. The number of aromatic nitrogens is 2. The molecule has 0 fully saturated rings. The van der Waals surface area contributed by atoms with Gasteiger partial charge in [0.15, 0.2) is 0 Å². The average Bonchev–Trinajstić information content (AvgIpc) is 2.70. The molecule has 3 aromatic rings. The van der Waals surface area contributed by atoms with E-state index in [1.54, 1.807) is 0 Å². The van der Waals surface area contributed by atoms with Crippen molar-refractivity contribution in [2.24, 2.45) is 0 Å². The summed E-state index contributed by atoms with van der Waals surface area (Å²) < 4.78 is 5.50. The molecule has 2 aromatic carbocycles. The van der Waals surface area contributed by atoms with Crippen molar-refractivity contribution in [3.63, 3.8) is 0 Å². The molecule has 0 saturated heterocycles. The van der Waals surface area contributed by atoms with Gasteiger partial charge in [-0.3, -0.25) is 0 Å². The number of nitrogens with one attached hydrogen (secondary N) is 2. The summed E-state index contributed by atoms with van der Waals surface area (Å²) in [6, 6.07) is 20.0. The van der Waals surface area contributed by atoms with E-state index in [1.807, 2.05) is 55.5 Å². The number of hydrogen-bond donors (Lipinski definition) is 2. The molecule has 0 saturated carbocycles. The van der Waals surface area contributed by atoms with E-state index in [4.69, 9.17) is 4.74 Å². The van der Waals surface area contributed by atoms with Crippen LogP contribution in [0.3, 0.4) is 0 Å². The predicted molar refractivity (Wildman–Crippen MR) is 112 cm³/mol. The third-order valence-corrected chi connectivity index (χ3v) is 4.05. The third kappa shape index (κ3) is 5.45. The van der Waals surface area contributed by atoms with Crippen molar-refractivity contribution < 1.29 is 4.74 Å². The topological polar surface area (TPSA) is 59.1 Å². The summed E-state index contributed by atoms with van der Waals surface area (Å²) in [6.07, 6.45) is 2.21. The monoisotopic (exact) mass is 362 g/mol. The molecule has 0 aliphatic carbocycles. The summed E-state index contributed by atoms with van der Waals surface area (Å²) in [6.45, 7) is 5.66. The van der Waals surface area contributed by atoms with Crippen molar-refractivity contribution in [3.05, 3.63) is 60.7 Å². The Kier molecular flexibility index (Phi) is 6.63. The molecule has 0 bridgehead atoms. The third-order valence-electron chi connectivity index (χ3n) is 4.05. The normalized spacial score (nSPS) is 10.4. The van der Waals surface area contributed by atoms with E-state index in [9.17, 15) is 0 Å². The van der Waals surface area contributed by atoms with Crippen molar-refractivity contribution in [1.29, 1.82) is 0 Å². The first kappa shape index (κ1) is 18.7. The SMILES string of the molecule is CCCCNc1nc(Nc2ccc(OCC)cc2)cc(-c2ccccc2)n1. The summed E-state index contributed by atoms with van der Waals surface area (Å²) in [4.78, 5) is 9.29. The van der Waals surface area contributed by atoms with Gasteiger partial charge in [0.25, 0.3) is 0 Å². The minimum absolute atomic E-state index is 0.637. The van der Waals surface area contributed by atoms with Gasteiger partial charge in [-0.2, -0.15) is 4.98 Å². The molecule has 1 heterocycles. The average molecular weight is 362 g/mol. The van der Waals surface area contributed by atoms with Crippen LogP contribution in [-0.2, 0) is 0 Å². The van der Waals surface area contributed by atoms with E-state index in [1.165, 1.54) is 0 Å². The molecule has 0 atom stereocenters. The largest absolute Gasteiger partial charge is 0.494 e. The highest BCUT2D eigenvalue weighted by Crippen LogP contribution is 2.24. The van der Waals surface area contributed by atoms with Crippen LogP contribution in [-0.4, -0.2) is 23.1 Å². The Hall–Kier alpha value is -3.08. The van der Waals surface area contributed by atoms with Gasteiger partial charge >= 0.3 is 0 Å². The van der Waals surface area contributed by atoms with Crippen molar-refractivity contribution in [2.75, 3.05) is 23.8 Å². The molecule has 1 aromatic heterocycles. The fourth-order valence-corrected chi connectivity index (χ4v) is 2.67. The lowest BCUT2D eigenvalue weighted by atomic mass is 10.1. The Balaban J connectivity index is 1.85. The standard InChI is InChI=1S/C22H26N4O/c1-3-5-15-23-22-25-20(17-9-7-6-8-10-17)16-21(26-22)24-18-11-13-19(14-12-18)27-4-2/h6-14,16H,3-5,15H2,1-2H3,(H2,23,24,25,26). The molecule has 3 rings (SSSR count). The highest BCUT2D eigenvalue weighted by molar-refractivity contribution is 5.67. The Morgan fingerprint density at radius 2 is 1.70 bits per heavy atom. The molecule has 5 heteroatoms. The van der Waals surface area contributed by atoms with Gasteiger partial charge in [0, 0.05) is 23.9 Å². The van der Waals surface area contributed by atoms with Crippen molar-refractivity contribution in [1.82, 2.24) is 9.97 Å². The van der Waals surface area contributed by atoms with E-state index in [2.05, 4.69) is 39.7 Å². The van der Waals surface area contributed by atoms with E-state index in [0.29, 0.717) is 12.6 Å². The molecule has 2 N–H and O–H groups in total. The Bertz CT molecular complexity index is 835. The summed E-state index contributed by atoms with van der Waals surface area (Å²) in [7, 11) is 0. The molecule has 5 nitrogen and oxygen atoms in total. The van der Waals surface area contributed by atoms with Crippen LogP contribution in [0.2, 0.25) is 0 Å². The Morgan fingerprint density at radius 3 is 2.41 bits per heavy atom. The first-order valence-electron chi connectivity index (χ1n) is 9.46. The fourth-order valence-electron chi connectivity index (χ4n) is 2.67. The minimum atomic E-state index is 0.637. The Morgan fingerprint density at radius 1 is 0.926 bits per heavy atom. The molecule has 0 unspecified atom stereocenters. The van der Waals surface area contributed by atoms with Gasteiger partial charge in [-0.25, -0.2) is 4.98 Å². The van der Waals surface area contributed by atoms with Gasteiger partial charge in [0.05, 0.1) is 12.3 Å². The second-order valence-corrected chi connectivity index (χ2v) is 6.19. The highest BCUT2D eigenvalue weighted by atomic mass is 16.5. The van der Waals surface area contributed by atoms with Crippen LogP contribution in [0.4, 0.5) is 17.5 Å². The second-order valence-electron chi connectivity index (χ2n) is 6.19. The zero-order valence-electron chi connectivity index (χ0n) is 15.9. The van der Waals surface area contributed by atoms with Crippen LogP contribution >= 0.6 is 0 Å². The first-order chi connectivity index (χ1) is 13.3. The summed E-state index contributed by atoms with van der Waals surface area (Å²) in [5, 5.41) is 6.69. The van der Waals surface area contributed by atoms with E-state index < -0.39 is 0 Å². The molecular formula is C22H26N4O. The molecule has 0 spiro atoms. The first-order valence-corrected chi connectivity index (χ1v) is 9.46. The van der Waals surface area contributed by atoms with Crippen LogP contribution < -0.4 is 15.4 Å². The van der Waals surface area contributed by atoms with Crippen LogP contribution in [0.1, 0.15) is 26.7 Å². The lowest BCUT2D eigenvalue weighted by Gasteiger charge is -2.12. The number of benzene rings is 2. The van der Waals surface area contributed by atoms with Gasteiger partial charge in [0.2, 0.25) is 5.95 Å². The van der Waals surface area contributed by atoms with Gasteiger partial charge in [-0.15, -0.1) is 0 Å². The van der Waals surface area contributed by atoms with Gasteiger partial charge in [-0.05, 0) is 37.6 Å². The number of hydrogen-bond acceptors (Lipinski definition) is 5. The zero-order valence-corrected chi connectivity index (χ0v) is 15.9. The molecule has 0 radical (unpaired) electrons. The predicted octanol–water partition coefficient (Wildman–Crippen LogP) is 5.50. The quantitative estimate of drug-likeness (QED) is 0.492. The number of unbranched alkanes of at least 4 members (excludes halogenated alkanes) is 1. The Labute approximate surface area is 160 Å². The van der Waals surface area contributed by atoms with Gasteiger partial charge < -0.3 is 15.4 Å². The fraction of sp³-hybridized carbons (Fsp3) is 0.273. The summed E-state index contributed by atoms with van der Waals surface area (Å²) in [5.41, 5.74) is 2.90.